The van der Waals surface area contributed by atoms with Gasteiger partial charge in [-0.15, -0.1) is 0 Å². The van der Waals surface area contributed by atoms with Gasteiger partial charge in [0.25, 0.3) is 0 Å². The van der Waals surface area contributed by atoms with E-state index in [9.17, 15) is 0 Å². The highest BCUT2D eigenvalue weighted by Crippen LogP contribution is 2.24. The second-order valence-corrected chi connectivity index (χ2v) is 5.39. The van der Waals surface area contributed by atoms with Crippen molar-refractivity contribution in [3.8, 4) is 5.75 Å². The Kier molecular flexibility index (Phi) is 9.81. The van der Waals surface area contributed by atoms with Gasteiger partial charge in [0.15, 0.2) is 0 Å². The van der Waals surface area contributed by atoms with Crippen molar-refractivity contribution in [1.82, 2.24) is 0 Å². The van der Waals surface area contributed by atoms with Crippen LogP contribution in [0.5, 0.6) is 5.75 Å². The van der Waals surface area contributed by atoms with E-state index in [0.29, 0.717) is 0 Å². The molecule has 1 aromatic carbocycles. The number of rotatable bonds is 12. The third kappa shape index (κ3) is 7.42. The molecule has 0 spiro atoms. The van der Waals surface area contributed by atoms with Gasteiger partial charge in [-0.25, -0.2) is 0 Å². The van der Waals surface area contributed by atoms with Crippen LogP contribution in [0.4, 0.5) is 5.69 Å². The van der Waals surface area contributed by atoms with Gasteiger partial charge in [-0.1, -0.05) is 64.5 Å². The Hall–Kier alpha value is -1.18. The Morgan fingerprint density at radius 2 is 1.55 bits per heavy atom. The number of hydrogen-bond acceptors (Lipinski definition) is 2. The summed E-state index contributed by atoms with van der Waals surface area (Å²) in [6.45, 7) is 6.30. The van der Waals surface area contributed by atoms with E-state index < -0.39 is 0 Å². The number of anilines is 1. The van der Waals surface area contributed by atoms with E-state index in [1.165, 1.54) is 44.9 Å². The third-order valence-electron chi connectivity index (χ3n) is 3.49. The highest BCUT2D eigenvalue weighted by molar-refractivity contribution is 5.56. The molecule has 0 heterocycles. The summed E-state index contributed by atoms with van der Waals surface area (Å²) in [6, 6.07) is 8.27. The normalized spacial score (nSPS) is 10.5. The molecule has 0 unspecified atom stereocenters. The summed E-state index contributed by atoms with van der Waals surface area (Å²) in [5, 5.41) is 3.51. The van der Waals surface area contributed by atoms with E-state index in [0.717, 1.165) is 31.0 Å². The highest BCUT2D eigenvalue weighted by Gasteiger charge is 2.01. The minimum Gasteiger partial charge on any atom is -0.491 e. The van der Waals surface area contributed by atoms with Gasteiger partial charge in [0.05, 0.1) is 12.3 Å². The van der Waals surface area contributed by atoms with Gasteiger partial charge in [-0.2, -0.15) is 0 Å². The predicted octanol–water partition coefficient (Wildman–Crippen LogP) is 5.64. The predicted molar refractivity (Wildman–Crippen MR) is 88.7 cm³/mol. The lowest BCUT2D eigenvalue weighted by atomic mass is 10.1. The molecule has 2 heteroatoms. The lowest BCUT2D eigenvalue weighted by molar-refractivity contribution is 0.310. The molecule has 0 amide bonds. The lowest BCUT2D eigenvalue weighted by Gasteiger charge is -2.13. The molecule has 1 rings (SSSR count). The maximum atomic E-state index is 5.83. The molecule has 0 aliphatic carbocycles. The first-order valence-electron chi connectivity index (χ1n) is 8.34. The number of para-hydroxylation sites is 2. The molecule has 0 saturated carbocycles. The standard InChI is InChI=1S/C18H31NO/c1-3-5-7-8-9-12-15-19-17-13-10-11-14-18(17)20-16-6-4-2/h10-11,13-14,19H,3-9,12,15-16H2,1-2H3. The van der Waals surface area contributed by atoms with Gasteiger partial charge in [0.1, 0.15) is 5.75 Å². The molecular weight excluding hydrogens is 246 g/mol. The summed E-state index contributed by atoms with van der Waals surface area (Å²) in [7, 11) is 0. The number of ether oxygens (including phenoxy) is 1. The minimum absolute atomic E-state index is 0.812. The fourth-order valence-electron chi connectivity index (χ4n) is 2.19. The van der Waals surface area contributed by atoms with Crippen LogP contribution in [0.2, 0.25) is 0 Å². The molecule has 0 atom stereocenters. The molecule has 0 saturated heterocycles. The molecular formula is C18H31NO. The average molecular weight is 277 g/mol. The second kappa shape index (κ2) is 11.6. The molecule has 0 aromatic heterocycles. The summed E-state index contributed by atoms with van der Waals surface area (Å²) in [5.74, 6) is 0.993. The fourth-order valence-corrected chi connectivity index (χ4v) is 2.19. The van der Waals surface area contributed by atoms with E-state index >= 15 is 0 Å². The lowest BCUT2D eigenvalue weighted by Crippen LogP contribution is -2.05. The minimum atomic E-state index is 0.812. The van der Waals surface area contributed by atoms with Crippen molar-refractivity contribution < 1.29 is 4.74 Å². The van der Waals surface area contributed by atoms with Crippen molar-refractivity contribution >= 4 is 5.69 Å². The number of nitrogens with one attached hydrogen (secondary N) is 1. The summed E-state index contributed by atoms with van der Waals surface area (Å²) in [5.41, 5.74) is 1.14. The zero-order valence-electron chi connectivity index (χ0n) is 13.3. The zero-order valence-corrected chi connectivity index (χ0v) is 13.3. The molecule has 2 nitrogen and oxygen atoms in total. The maximum absolute atomic E-state index is 5.83. The molecule has 20 heavy (non-hydrogen) atoms. The largest absolute Gasteiger partial charge is 0.491 e. The zero-order chi connectivity index (χ0) is 14.5. The number of hydrogen-bond donors (Lipinski definition) is 1. The Morgan fingerprint density at radius 3 is 2.35 bits per heavy atom. The van der Waals surface area contributed by atoms with E-state index in [2.05, 4.69) is 37.4 Å². The van der Waals surface area contributed by atoms with Crippen LogP contribution in [-0.2, 0) is 0 Å². The summed E-state index contributed by atoms with van der Waals surface area (Å²) < 4.78 is 5.83. The quantitative estimate of drug-likeness (QED) is 0.499. The summed E-state index contributed by atoms with van der Waals surface area (Å²) in [4.78, 5) is 0. The van der Waals surface area contributed by atoms with Crippen LogP contribution < -0.4 is 10.1 Å². The van der Waals surface area contributed by atoms with Crippen LogP contribution >= 0.6 is 0 Å². The fraction of sp³-hybridized carbons (Fsp3) is 0.667. The number of unbranched alkanes of at least 4 members (excludes halogenated alkanes) is 6. The van der Waals surface area contributed by atoms with Crippen LogP contribution in [0, 0.1) is 0 Å². The molecule has 0 radical (unpaired) electrons. The van der Waals surface area contributed by atoms with Crippen LogP contribution in [0.3, 0.4) is 0 Å². The van der Waals surface area contributed by atoms with Crippen molar-refractivity contribution in [2.75, 3.05) is 18.5 Å². The van der Waals surface area contributed by atoms with E-state index in [-0.39, 0.29) is 0 Å². The monoisotopic (exact) mass is 277 g/mol. The van der Waals surface area contributed by atoms with Gasteiger partial charge in [0.2, 0.25) is 0 Å². The summed E-state index contributed by atoms with van der Waals surface area (Å²) >= 11 is 0. The van der Waals surface area contributed by atoms with Gasteiger partial charge in [0, 0.05) is 6.54 Å². The highest BCUT2D eigenvalue weighted by atomic mass is 16.5. The molecule has 0 bridgehead atoms. The van der Waals surface area contributed by atoms with Crippen LogP contribution in [0.25, 0.3) is 0 Å². The maximum Gasteiger partial charge on any atom is 0.142 e. The Bertz CT molecular complexity index is 338. The van der Waals surface area contributed by atoms with Crippen molar-refractivity contribution in [2.24, 2.45) is 0 Å². The summed E-state index contributed by atoms with van der Waals surface area (Å²) in [6.07, 6.45) is 10.3. The van der Waals surface area contributed by atoms with Crippen molar-refractivity contribution in [2.45, 2.75) is 65.2 Å². The Labute approximate surface area is 124 Å². The Morgan fingerprint density at radius 1 is 0.850 bits per heavy atom. The molecule has 0 aliphatic heterocycles. The number of benzene rings is 1. The van der Waals surface area contributed by atoms with Crippen molar-refractivity contribution in [3.05, 3.63) is 24.3 Å². The topological polar surface area (TPSA) is 21.3 Å². The van der Waals surface area contributed by atoms with Gasteiger partial charge in [-0.05, 0) is 25.0 Å². The second-order valence-electron chi connectivity index (χ2n) is 5.39. The first-order valence-corrected chi connectivity index (χ1v) is 8.34. The van der Waals surface area contributed by atoms with Crippen molar-refractivity contribution in [1.29, 1.82) is 0 Å². The van der Waals surface area contributed by atoms with E-state index in [4.69, 9.17) is 4.74 Å². The molecule has 0 fully saturated rings. The van der Waals surface area contributed by atoms with Crippen LogP contribution in [0.1, 0.15) is 65.2 Å². The Balaban J connectivity index is 2.21. The molecule has 1 N–H and O–H groups in total. The SMILES string of the molecule is CCCCCCCCNc1ccccc1OCCCC. The van der Waals surface area contributed by atoms with Gasteiger partial charge >= 0.3 is 0 Å². The molecule has 1 aromatic rings. The van der Waals surface area contributed by atoms with E-state index in [1.807, 2.05) is 6.07 Å². The molecule has 114 valence electrons. The third-order valence-corrected chi connectivity index (χ3v) is 3.49. The average Bonchev–Trinajstić information content (AvgIpc) is 2.48. The van der Waals surface area contributed by atoms with Crippen LogP contribution in [-0.4, -0.2) is 13.2 Å². The molecule has 0 aliphatic rings. The van der Waals surface area contributed by atoms with E-state index in [1.54, 1.807) is 0 Å². The van der Waals surface area contributed by atoms with Crippen LogP contribution in [0.15, 0.2) is 24.3 Å². The van der Waals surface area contributed by atoms with Gasteiger partial charge < -0.3 is 10.1 Å². The smallest absolute Gasteiger partial charge is 0.142 e. The first-order chi connectivity index (χ1) is 9.88. The van der Waals surface area contributed by atoms with Crippen molar-refractivity contribution in [3.63, 3.8) is 0 Å². The first kappa shape index (κ1) is 16.9. The van der Waals surface area contributed by atoms with Gasteiger partial charge in [-0.3, -0.25) is 0 Å².